The Hall–Kier alpha value is -1.93. The molecule has 2 aromatic carbocycles. The molecule has 2 aliphatic rings. The van der Waals surface area contributed by atoms with Crippen LogP contribution in [0.3, 0.4) is 0 Å². The SMILES string of the molecule is CC1CCN(S(=O)(=O)c2ccc(C(=O)N3CCOC(c4ccc(Cl)cc4)C3)cc2)CC1. The van der Waals surface area contributed by atoms with Crippen LogP contribution in [0.15, 0.2) is 53.4 Å². The number of hydrogen-bond donors (Lipinski definition) is 0. The van der Waals surface area contributed by atoms with Crippen molar-refractivity contribution in [1.29, 1.82) is 0 Å². The van der Waals surface area contributed by atoms with Crippen LogP contribution in [0.1, 0.15) is 41.8 Å². The van der Waals surface area contributed by atoms with Gasteiger partial charge in [0.1, 0.15) is 6.10 Å². The van der Waals surface area contributed by atoms with Crippen molar-refractivity contribution in [3.8, 4) is 0 Å². The Kier molecular flexibility index (Phi) is 6.67. The van der Waals surface area contributed by atoms with E-state index in [1.165, 1.54) is 12.1 Å². The lowest BCUT2D eigenvalue weighted by Crippen LogP contribution is -2.42. The van der Waals surface area contributed by atoms with Crippen molar-refractivity contribution in [1.82, 2.24) is 9.21 Å². The van der Waals surface area contributed by atoms with E-state index in [2.05, 4.69) is 6.92 Å². The van der Waals surface area contributed by atoms with E-state index < -0.39 is 10.0 Å². The first-order chi connectivity index (χ1) is 14.8. The number of carbonyl (C=O) groups excluding carboxylic acids is 1. The Morgan fingerprint density at radius 2 is 1.65 bits per heavy atom. The van der Waals surface area contributed by atoms with Crippen molar-refractivity contribution in [2.75, 3.05) is 32.8 Å². The van der Waals surface area contributed by atoms with E-state index >= 15 is 0 Å². The van der Waals surface area contributed by atoms with Gasteiger partial charge in [-0.05, 0) is 60.7 Å². The highest BCUT2D eigenvalue weighted by molar-refractivity contribution is 7.89. The van der Waals surface area contributed by atoms with Crippen LogP contribution in [0, 0.1) is 5.92 Å². The summed E-state index contributed by atoms with van der Waals surface area (Å²) in [5, 5.41) is 0.654. The van der Waals surface area contributed by atoms with E-state index in [1.807, 2.05) is 24.3 Å². The van der Waals surface area contributed by atoms with E-state index in [4.69, 9.17) is 16.3 Å². The molecule has 31 heavy (non-hydrogen) atoms. The first kappa shape index (κ1) is 22.3. The average Bonchev–Trinajstić information content (AvgIpc) is 2.79. The summed E-state index contributed by atoms with van der Waals surface area (Å²) in [5.41, 5.74) is 1.45. The van der Waals surface area contributed by atoms with Crippen molar-refractivity contribution in [2.45, 2.75) is 30.8 Å². The molecule has 0 bridgehead atoms. The van der Waals surface area contributed by atoms with Gasteiger partial charge in [0, 0.05) is 30.2 Å². The largest absolute Gasteiger partial charge is 0.370 e. The zero-order valence-electron chi connectivity index (χ0n) is 17.5. The molecule has 4 rings (SSSR count). The fraction of sp³-hybridized carbons (Fsp3) is 0.435. The van der Waals surface area contributed by atoms with Crippen molar-refractivity contribution in [2.24, 2.45) is 5.92 Å². The molecule has 1 atom stereocenters. The second-order valence-corrected chi connectivity index (χ2v) is 10.6. The lowest BCUT2D eigenvalue weighted by Gasteiger charge is -2.33. The third-order valence-electron chi connectivity index (χ3n) is 6.08. The summed E-state index contributed by atoms with van der Waals surface area (Å²) in [6.45, 7) is 4.61. The first-order valence-corrected chi connectivity index (χ1v) is 12.4. The van der Waals surface area contributed by atoms with Crippen LogP contribution in [0.5, 0.6) is 0 Å². The Morgan fingerprint density at radius 3 is 2.29 bits per heavy atom. The van der Waals surface area contributed by atoms with E-state index in [-0.39, 0.29) is 16.9 Å². The topological polar surface area (TPSA) is 66.9 Å². The molecule has 0 spiro atoms. The molecular formula is C23H27ClN2O4S. The average molecular weight is 463 g/mol. The van der Waals surface area contributed by atoms with Crippen LogP contribution in [-0.2, 0) is 14.8 Å². The Bertz CT molecular complexity index is 1020. The number of morpholine rings is 1. The van der Waals surface area contributed by atoms with Crippen molar-refractivity contribution >= 4 is 27.5 Å². The molecule has 0 N–H and O–H groups in total. The minimum Gasteiger partial charge on any atom is -0.370 e. The van der Waals surface area contributed by atoms with Crippen LogP contribution >= 0.6 is 11.6 Å². The number of carbonyl (C=O) groups is 1. The standard InChI is InChI=1S/C23H27ClN2O4S/c1-17-10-12-26(13-11-17)31(28,29)21-8-4-19(5-9-21)23(27)25-14-15-30-22(16-25)18-2-6-20(24)7-3-18/h2-9,17,22H,10-16H2,1H3. The molecule has 0 saturated carbocycles. The zero-order valence-corrected chi connectivity index (χ0v) is 19.1. The molecule has 0 radical (unpaired) electrons. The van der Waals surface area contributed by atoms with Gasteiger partial charge in [-0.1, -0.05) is 30.7 Å². The lowest BCUT2D eigenvalue weighted by molar-refractivity contribution is -0.0228. The normalized spacial score (nSPS) is 21.2. The molecule has 8 heteroatoms. The second kappa shape index (κ2) is 9.28. The monoisotopic (exact) mass is 462 g/mol. The number of halogens is 1. The van der Waals surface area contributed by atoms with Gasteiger partial charge in [0.15, 0.2) is 0 Å². The fourth-order valence-corrected chi connectivity index (χ4v) is 5.63. The van der Waals surface area contributed by atoms with Crippen LogP contribution in [0.25, 0.3) is 0 Å². The number of ether oxygens (including phenoxy) is 1. The van der Waals surface area contributed by atoms with Gasteiger partial charge in [0.25, 0.3) is 5.91 Å². The molecule has 2 fully saturated rings. The molecular weight excluding hydrogens is 436 g/mol. The summed E-state index contributed by atoms with van der Waals surface area (Å²) in [6, 6.07) is 13.7. The maximum absolute atomic E-state index is 13.0. The molecule has 2 heterocycles. The number of benzene rings is 2. The Morgan fingerprint density at radius 1 is 1.00 bits per heavy atom. The quantitative estimate of drug-likeness (QED) is 0.689. The summed E-state index contributed by atoms with van der Waals surface area (Å²) in [5.74, 6) is 0.426. The number of rotatable bonds is 4. The van der Waals surface area contributed by atoms with E-state index in [9.17, 15) is 13.2 Å². The minimum atomic E-state index is -3.52. The number of nitrogens with zero attached hydrogens (tertiary/aromatic N) is 2. The molecule has 0 aliphatic carbocycles. The van der Waals surface area contributed by atoms with Crippen LogP contribution in [0.2, 0.25) is 5.02 Å². The fourth-order valence-electron chi connectivity index (χ4n) is 4.04. The lowest BCUT2D eigenvalue weighted by atomic mass is 10.0. The molecule has 0 aromatic heterocycles. The van der Waals surface area contributed by atoms with Crippen LogP contribution < -0.4 is 0 Å². The number of hydrogen-bond acceptors (Lipinski definition) is 4. The maximum atomic E-state index is 13.0. The highest BCUT2D eigenvalue weighted by atomic mass is 35.5. The van der Waals surface area contributed by atoms with E-state index in [0.717, 1.165) is 18.4 Å². The maximum Gasteiger partial charge on any atom is 0.254 e. The number of sulfonamides is 1. The van der Waals surface area contributed by atoms with Gasteiger partial charge < -0.3 is 9.64 Å². The number of piperidine rings is 1. The summed E-state index contributed by atoms with van der Waals surface area (Å²) < 4.78 is 33.2. The number of amides is 1. The van der Waals surface area contributed by atoms with E-state index in [1.54, 1.807) is 21.3 Å². The van der Waals surface area contributed by atoms with Gasteiger partial charge in [-0.3, -0.25) is 4.79 Å². The molecule has 1 unspecified atom stereocenters. The van der Waals surface area contributed by atoms with Gasteiger partial charge >= 0.3 is 0 Å². The Balaban J connectivity index is 1.45. The van der Waals surface area contributed by atoms with Gasteiger partial charge in [-0.2, -0.15) is 4.31 Å². The van der Waals surface area contributed by atoms with E-state index in [0.29, 0.717) is 49.3 Å². The highest BCUT2D eigenvalue weighted by Gasteiger charge is 2.29. The summed E-state index contributed by atoms with van der Waals surface area (Å²) in [6.07, 6.45) is 1.54. The van der Waals surface area contributed by atoms with Gasteiger partial charge in [0.05, 0.1) is 18.0 Å². The summed E-state index contributed by atoms with van der Waals surface area (Å²) >= 11 is 5.96. The zero-order chi connectivity index (χ0) is 22.0. The Labute approximate surface area is 188 Å². The second-order valence-electron chi connectivity index (χ2n) is 8.27. The summed E-state index contributed by atoms with van der Waals surface area (Å²) in [4.78, 5) is 15.0. The van der Waals surface area contributed by atoms with Crippen LogP contribution in [-0.4, -0.2) is 56.3 Å². The van der Waals surface area contributed by atoms with Gasteiger partial charge in [-0.25, -0.2) is 8.42 Å². The third-order valence-corrected chi connectivity index (χ3v) is 8.24. The molecule has 1 amide bonds. The molecule has 2 saturated heterocycles. The smallest absolute Gasteiger partial charge is 0.254 e. The van der Waals surface area contributed by atoms with Crippen molar-refractivity contribution in [3.63, 3.8) is 0 Å². The summed E-state index contributed by atoms with van der Waals surface area (Å²) in [7, 11) is -3.52. The molecule has 166 valence electrons. The molecule has 6 nitrogen and oxygen atoms in total. The van der Waals surface area contributed by atoms with Gasteiger partial charge in [-0.15, -0.1) is 0 Å². The predicted molar refractivity (Wildman–Crippen MR) is 120 cm³/mol. The molecule has 2 aliphatic heterocycles. The first-order valence-electron chi connectivity index (χ1n) is 10.6. The van der Waals surface area contributed by atoms with Crippen molar-refractivity contribution in [3.05, 3.63) is 64.7 Å². The van der Waals surface area contributed by atoms with Crippen molar-refractivity contribution < 1.29 is 17.9 Å². The highest BCUT2D eigenvalue weighted by Crippen LogP contribution is 2.26. The minimum absolute atomic E-state index is 0.127. The molecule has 2 aromatic rings. The third kappa shape index (κ3) is 4.95. The van der Waals surface area contributed by atoms with Crippen LogP contribution in [0.4, 0.5) is 0 Å². The predicted octanol–water partition coefficient (Wildman–Crippen LogP) is 3.97. The van der Waals surface area contributed by atoms with Gasteiger partial charge in [0.2, 0.25) is 10.0 Å².